The predicted molar refractivity (Wildman–Crippen MR) is 75.7 cm³/mol. The molecule has 0 fully saturated rings. The van der Waals surface area contributed by atoms with E-state index in [0.29, 0.717) is 12.1 Å². The van der Waals surface area contributed by atoms with Gasteiger partial charge in [0.05, 0.1) is 5.38 Å². The Labute approximate surface area is 121 Å². The van der Waals surface area contributed by atoms with Gasteiger partial charge >= 0.3 is 0 Å². The minimum absolute atomic E-state index is 0.0160. The highest BCUT2D eigenvalue weighted by molar-refractivity contribution is 6.21. The first kappa shape index (κ1) is 13.5. The van der Waals surface area contributed by atoms with Gasteiger partial charge in [-0.25, -0.2) is 8.78 Å². The Morgan fingerprint density at radius 1 is 1.10 bits per heavy atom. The monoisotopic (exact) mass is 293 g/mol. The molecule has 0 amide bonds. The molecular weight excluding hydrogens is 280 g/mol. The van der Waals surface area contributed by atoms with Crippen molar-refractivity contribution >= 4 is 11.6 Å². The SMILES string of the molecule is Fc1ccc(CNC2c3ccccc3CC2Cl)cc1F. The summed E-state index contributed by atoms with van der Waals surface area (Å²) in [6, 6.07) is 12.1. The van der Waals surface area contributed by atoms with E-state index in [1.165, 1.54) is 17.2 Å². The molecule has 2 atom stereocenters. The molecule has 1 aliphatic carbocycles. The molecule has 20 heavy (non-hydrogen) atoms. The van der Waals surface area contributed by atoms with Crippen molar-refractivity contribution in [1.82, 2.24) is 5.32 Å². The Balaban J connectivity index is 1.74. The fourth-order valence-corrected chi connectivity index (χ4v) is 3.05. The highest BCUT2D eigenvalue weighted by atomic mass is 35.5. The fraction of sp³-hybridized carbons (Fsp3) is 0.250. The van der Waals surface area contributed by atoms with E-state index < -0.39 is 11.6 Å². The molecule has 2 aromatic rings. The molecule has 0 bridgehead atoms. The number of hydrogen-bond acceptors (Lipinski definition) is 1. The third-order valence-corrected chi connectivity index (χ3v) is 4.08. The van der Waals surface area contributed by atoms with Crippen LogP contribution < -0.4 is 5.32 Å². The van der Waals surface area contributed by atoms with Crippen LogP contribution in [0.1, 0.15) is 22.7 Å². The lowest BCUT2D eigenvalue weighted by Crippen LogP contribution is -2.25. The molecule has 0 saturated carbocycles. The zero-order valence-electron chi connectivity index (χ0n) is 10.7. The van der Waals surface area contributed by atoms with Crippen LogP contribution in [0.25, 0.3) is 0 Å². The highest BCUT2D eigenvalue weighted by Gasteiger charge is 2.30. The largest absolute Gasteiger partial charge is 0.305 e. The predicted octanol–water partition coefficient (Wildman–Crippen LogP) is 3.96. The molecule has 1 N–H and O–H groups in total. The van der Waals surface area contributed by atoms with E-state index in [0.717, 1.165) is 12.5 Å². The Kier molecular flexibility index (Phi) is 3.72. The molecule has 1 nitrogen and oxygen atoms in total. The van der Waals surface area contributed by atoms with Gasteiger partial charge in [0.25, 0.3) is 0 Å². The van der Waals surface area contributed by atoms with Crippen molar-refractivity contribution in [1.29, 1.82) is 0 Å². The molecule has 1 aliphatic rings. The van der Waals surface area contributed by atoms with E-state index in [9.17, 15) is 8.78 Å². The number of benzene rings is 2. The standard InChI is InChI=1S/C16H14ClF2N/c17-13-8-11-3-1-2-4-12(11)16(13)20-9-10-5-6-14(18)15(19)7-10/h1-7,13,16,20H,8-9H2. The molecule has 0 heterocycles. The summed E-state index contributed by atoms with van der Waals surface area (Å²) >= 11 is 6.37. The zero-order chi connectivity index (χ0) is 14.1. The van der Waals surface area contributed by atoms with Crippen molar-refractivity contribution in [2.24, 2.45) is 0 Å². The van der Waals surface area contributed by atoms with Crippen LogP contribution in [0.3, 0.4) is 0 Å². The van der Waals surface area contributed by atoms with Gasteiger partial charge in [0.2, 0.25) is 0 Å². The van der Waals surface area contributed by atoms with Crippen molar-refractivity contribution in [3.8, 4) is 0 Å². The summed E-state index contributed by atoms with van der Waals surface area (Å²) in [5, 5.41) is 3.31. The molecule has 3 rings (SSSR count). The van der Waals surface area contributed by atoms with Crippen LogP contribution in [-0.4, -0.2) is 5.38 Å². The quantitative estimate of drug-likeness (QED) is 0.845. The maximum atomic E-state index is 13.2. The van der Waals surface area contributed by atoms with Crippen LogP contribution in [0.2, 0.25) is 0 Å². The molecule has 104 valence electrons. The minimum atomic E-state index is -0.824. The van der Waals surface area contributed by atoms with Crippen molar-refractivity contribution in [3.63, 3.8) is 0 Å². The molecule has 0 aromatic heterocycles. The number of halogens is 3. The average molecular weight is 294 g/mol. The Morgan fingerprint density at radius 2 is 1.90 bits per heavy atom. The first-order valence-electron chi connectivity index (χ1n) is 6.54. The smallest absolute Gasteiger partial charge is 0.159 e. The van der Waals surface area contributed by atoms with Crippen molar-refractivity contribution < 1.29 is 8.78 Å². The van der Waals surface area contributed by atoms with Gasteiger partial charge in [-0.3, -0.25) is 0 Å². The van der Waals surface area contributed by atoms with Gasteiger partial charge in [0.15, 0.2) is 11.6 Å². The number of nitrogens with one attached hydrogen (secondary N) is 1. The summed E-state index contributed by atoms with van der Waals surface area (Å²) in [7, 11) is 0. The van der Waals surface area contributed by atoms with Crippen molar-refractivity contribution in [2.45, 2.75) is 24.4 Å². The van der Waals surface area contributed by atoms with Crippen LogP contribution >= 0.6 is 11.6 Å². The first-order chi connectivity index (χ1) is 9.65. The normalized spacial score (nSPS) is 20.9. The van der Waals surface area contributed by atoms with Crippen LogP contribution in [0, 0.1) is 11.6 Å². The van der Waals surface area contributed by atoms with E-state index in [1.807, 2.05) is 12.1 Å². The second kappa shape index (κ2) is 5.51. The van der Waals surface area contributed by atoms with Gasteiger partial charge in [0, 0.05) is 12.6 Å². The lowest BCUT2D eigenvalue weighted by molar-refractivity contribution is 0.501. The van der Waals surface area contributed by atoms with E-state index in [2.05, 4.69) is 17.4 Å². The summed E-state index contributed by atoms with van der Waals surface area (Å²) in [5.74, 6) is -1.64. The maximum Gasteiger partial charge on any atom is 0.159 e. The third-order valence-electron chi connectivity index (χ3n) is 3.68. The first-order valence-corrected chi connectivity index (χ1v) is 6.98. The number of rotatable bonds is 3. The second-order valence-electron chi connectivity index (χ2n) is 5.03. The molecule has 0 aliphatic heterocycles. The van der Waals surface area contributed by atoms with E-state index in [4.69, 9.17) is 11.6 Å². The molecule has 2 unspecified atom stereocenters. The van der Waals surface area contributed by atoms with Gasteiger partial charge in [-0.2, -0.15) is 0 Å². The molecule has 0 radical (unpaired) electrons. The molecule has 4 heteroatoms. The lowest BCUT2D eigenvalue weighted by Gasteiger charge is -2.17. The van der Waals surface area contributed by atoms with Crippen molar-refractivity contribution in [2.75, 3.05) is 0 Å². The van der Waals surface area contributed by atoms with E-state index >= 15 is 0 Å². The zero-order valence-corrected chi connectivity index (χ0v) is 11.5. The van der Waals surface area contributed by atoms with Crippen LogP contribution in [0.15, 0.2) is 42.5 Å². The van der Waals surface area contributed by atoms with Gasteiger partial charge < -0.3 is 5.32 Å². The molecule has 2 aromatic carbocycles. The van der Waals surface area contributed by atoms with Crippen LogP contribution in [0.4, 0.5) is 8.78 Å². The molecule has 0 spiro atoms. The lowest BCUT2D eigenvalue weighted by atomic mass is 10.1. The molecule has 0 saturated heterocycles. The van der Waals surface area contributed by atoms with E-state index in [-0.39, 0.29) is 11.4 Å². The van der Waals surface area contributed by atoms with Gasteiger partial charge in [-0.1, -0.05) is 30.3 Å². The topological polar surface area (TPSA) is 12.0 Å². The summed E-state index contributed by atoms with van der Waals surface area (Å²) in [5.41, 5.74) is 3.14. The van der Waals surface area contributed by atoms with Crippen LogP contribution in [-0.2, 0) is 13.0 Å². The van der Waals surface area contributed by atoms with Crippen molar-refractivity contribution in [3.05, 3.63) is 70.8 Å². The summed E-state index contributed by atoms with van der Waals surface area (Å²) in [6.07, 6.45) is 0.827. The third kappa shape index (κ3) is 2.56. The Bertz CT molecular complexity index is 630. The molecular formula is C16H14ClF2N. The fourth-order valence-electron chi connectivity index (χ4n) is 2.66. The minimum Gasteiger partial charge on any atom is -0.305 e. The number of alkyl halides is 1. The summed E-state index contributed by atoms with van der Waals surface area (Å²) in [6.45, 7) is 0.458. The Morgan fingerprint density at radius 3 is 2.70 bits per heavy atom. The average Bonchev–Trinajstić information content (AvgIpc) is 2.76. The van der Waals surface area contributed by atoms with Gasteiger partial charge in [0.1, 0.15) is 0 Å². The Hall–Kier alpha value is -1.45. The van der Waals surface area contributed by atoms with Crippen LogP contribution in [0.5, 0.6) is 0 Å². The van der Waals surface area contributed by atoms with Gasteiger partial charge in [-0.05, 0) is 35.2 Å². The number of fused-ring (bicyclic) bond motifs is 1. The summed E-state index contributed by atoms with van der Waals surface area (Å²) in [4.78, 5) is 0. The maximum absolute atomic E-state index is 13.2. The van der Waals surface area contributed by atoms with Gasteiger partial charge in [-0.15, -0.1) is 11.6 Å². The number of hydrogen-bond donors (Lipinski definition) is 1. The highest BCUT2D eigenvalue weighted by Crippen LogP contribution is 2.34. The second-order valence-corrected chi connectivity index (χ2v) is 5.59. The summed E-state index contributed by atoms with van der Waals surface area (Å²) < 4.78 is 26.0. The van der Waals surface area contributed by atoms with E-state index in [1.54, 1.807) is 6.07 Å².